The van der Waals surface area contributed by atoms with Crippen LogP contribution in [-0.2, 0) is 19.2 Å². The van der Waals surface area contributed by atoms with Crippen LogP contribution in [0.1, 0.15) is 58.3 Å². The fraction of sp³-hybridized carbons (Fsp3) is 0.810. The number of aliphatic hydroxyl groups is 1. The van der Waals surface area contributed by atoms with Gasteiger partial charge in [0.15, 0.2) is 0 Å². The first-order valence-electron chi connectivity index (χ1n) is 11.6. The maximum atomic E-state index is 13.3. The monoisotopic (exact) mass is 472 g/mol. The predicted octanol–water partition coefficient (Wildman–Crippen LogP) is -2.00. The van der Waals surface area contributed by atoms with Crippen LogP contribution in [0.15, 0.2) is 0 Å². The number of hydrogen-bond acceptors (Lipinski definition) is 8. The first-order valence-corrected chi connectivity index (χ1v) is 11.6. The zero-order valence-corrected chi connectivity index (χ0v) is 19.4. The molecule has 1 saturated heterocycles. The summed E-state index contributed by atoms with van der Waals surface area (Å²) in [5.74, 6) is -2.78. The summed E-state index contributed by atoms with van der Waals surface area (Å²) in [6, 6.07) is -4.02. The molecule has 190 valence electrons. The molecule has 33 heavy (non-hydrogen) atoms. The van der Waals surface area contributed by atoms with Gasteiger partial charge >= 0.3 is 5.97 Å². The molecule has 0 aliphatic carbocycles. The topological polar surface area (TPSA) is 214 Å². The average Bonchev–Trinajstić information content (AvgIpc) is 3.26. The molecule has 1 rings (SSSR count). The number of carboxylic acid groups (broad SMARTS) is 1. The van der Waals surface area contributed by atoms with Crippen LogP contribution >= 0.6 is 0 Å². The lowest BCUT2D eigenvalue weighted by atomic mass is 10.1. The Hall–Kier alpha value is -2.28. The molecule has 3 amide bonds. The number of aliphatic carboxylic acids is 1. The minimum atomic E-state index is -1.20. The fourth-order valence-corrected chi connectivity index (χ4v) is 3.76. The molecule has 0 saturated carbocycles. The second-order valence-electron chi connectivity index (χ2n) is 8.49. The minimum absolute atomic E-state index is 0.244. The van der Waals surface area contributed by atoms with E-state index in [1.807, 2.05) is 0 Å². The molecule has 0 radical (unpaired) electrons. The molecule has 1 heterocycles. The molecule has 5 unspecified atom stereocenters. The second-order valence-corrected chi connectivity index (χ2v) is 8.49. The van der Waals surface area contributed by atoms with Crippen LogP contribution < -0.4 is 27.8 Å². The third-order valence-corrected chi connectivity index (χ3v) is 5.78. The van der Waals surface area contributed by atoms with E-state index in [0.29, 0.717) is 64.6 Å². The molecule has 1 aliphatic heterocycles. The third kappa shape index (κ3) is 9.24. The normalized spacial score (nSPS) is 19.4. The number of carbonyl (C=O) groups is 4. The molecule has 1 aliphatic rings. The van der Waals surface area contributed by atoms with E-state index in [2.05, 4.69) is 10.6 Å². The molecule has 12 nitrogen and oxygen atoms in total. The lowest BCUT2D eigenvalue weighted by molar-refractivity contribution is -0.145. The van der Waals surface area contributed by atoms with Crippen molar-refractivity contribution in [2.75, 3.05) is 19.6 Å². The molecule has 0 spiro atoms. The second kappa shape index (κ2) is 14.8. The summed E-state index contributed by atoms with van der Waals surface area (Å²) in [4.78, 5) is 51.4. The van der Waals surface area contributed by atoms with Gasteiger partial charge in [-0.1, -0.05) is 0 Å². The SMILES string of the molecule is CC(O)C(N)C(=O)NC(CCCCN)C(=O)N1CCCC1C(=O)NC(CCCCN)C(=O)O. The van der Waals surface area contributed by atoms with Crippen molar-refractivity contribution in [2.45, 2.75) is 88.6 Å². The van der Waals surface area contributed by atoms with E-state index < -0.39 is 54.0 Å². The summed E-state index contributed by atoms with van der Waals surface area (Å²) in [6.07, 6.45) is 2.84. The highest BCUT2D eigenvalue weighted by molar-refractivity contribution is 5.94. The van der Waals surface area contributed by atoms with Crippen molar-refractivity contribution in [3.63, 3.8) is 0 Å². The van der Waals surface area contributed by atoms with Gasteiger partial charge in [-0.15, -0.1) is 0 Å². The Morgan fingerprint density at radius 1 is 1.00 bits per heavy atom. The lowest BCUT2D eigenvalue weighted by Gasteiger charge is -2.30. The van der Waals surface area contributed by atoms with Gasteiger partial charge in [-0.05, 0) is 71.4 Å². The molecular formula is C21H40N6O6. The van der Waals surface area contributed by atoms with Gasteiger partial charge in [0.05, 0.1) is 6.10 Å². The number of likely N-dealkylation sites (tertiary alicyclic amines) is 1. The summed E-state index contributed by atoms with van der Waals surface area (Å²) in [5.41, 5.74) is 16.7. The van der Waals surface area contributed by atoms with Gasteiger partial charge in [-0.25, -0.2) is 4.79 Å². The van der Waals surface area contributed by atoms with Crippen LogP contribution in [0.5, 0.6) is 0 Å². The van der Waals surface area contributed by atoms with E-state index in [1.165, 1.54) is 11.8 Å². The first-order chi connectivity index (χ1) is 15.6. The Bertz CT molecular complexity index is 661. The van der Waals surface area contributed by atoms with Crippen molar-refractivity contribution in [1.82, 2.24) is 15.5 Å². The van der Waals surface area contributed by atoms with Crippen LogP contribution in [0.4, 0.5) is 0 Å². The van der Waals surface area contributed by atoms with Crippen LogP contribution in [0.3, 0.4) is 0 Å². The molecule has 12 heteroatoms. The van der Waals surface area contributed by atoms with Crippen LogP contribution in [-0.4, -0.2) is 88.7 Å². The van der Waals surface area contributed by atoms with E-state index in [9.17, 15) is 29.4 Å². The first kappa shape index (κ1) is 28.8. The zero-order chi connectivity index (χ0) is 25.0. The summed E-state index contributed by atoms with van der Waals surface area (Å²) >= 11 is 0. The van der Waals surface area contributed by atoms with Crippen molar-refractivity contribution in [3.8, 4) is 0 Å². The number of nitrogens with one attached hydrogen (secondary N) is 2. The molecule has 10 N–H and O–H groups in total. The number of rotatable bonds is 15. The Kier molecular flexibility index (Phi) is 12.9. The number of carbonyl (C=O) groups excluding carboxylic acids is 3. The van der Waals surface area contributed by atoms with Crippen molar-refractivity contribution < 1.29 is 29.4 Å². The van der Waals surface area contributed by atoms with E-state index in [-0.39, 0.29) is 6.42 Å². The average molecular weight is 473 g/mol. The number of carboxylic acids is 1. The van der Waals surface area contributed by atoms with E-state index in [0.717, 1.165) is 0 Å². The van der Waals surface area contributed by atoms with Crippen molar-refractivity contribution in [3.05, 3.63) is 0 Å². The molecule has 0 bridgehead atoms. The minimum Gasteiger partial charge on any atom is -0.480 e. The van der Waals surface area contributed by atoms with Crippen molar-refractivity contribution in [2.24, 2.45) is 17.2 Å². The molecule has 5 atom stereocenters. The van der Waals surface area contributed by atoms with Crippen molar-refractivity contribution >= 4 is 23.7 Å². The predicted molar refractivity (Wildman–Crippen MR) is 122 cm³/mol. The smallest absolute Gasteiger partial charge is 0.326 e. The molecular weight excluding hydrogens is 432 g/mol. The van der Waals surface area contributed by atoms with Gasteiger partial charge < -0.3 is 42.9 Å². The summed E-state index contributed by atoms with van der Waals surface area (Å²) in [7, 11) is 0. The maximum absolute atomic E-state index is 13.3. The molecule has 0 aromatic heterocycles. The van der Waals surface area contributed by atoms with Gasteiger partial charge in [0.25, 0.3) is 0 Å². The third-order valence-electron chi connectivity index (χ3n) is 5.78. The van der Waals surface area contributed by atoms with E-state index in [1.54, 1.807) is 0 Å². The van der Waals surface area contributed by atoms with Gasteiger partial charge in [-0.2, -0.15) is 0 Å². The van der Waals surface area contributed by atoms with Gasteiger partial charge in [0, 0.05) is 6.54 Å². The van der Waals surface area contributed by atoms with Crippen LogP contribution in [0.2, 0.25) is 0 Å². The van der Waals surface area contributed by atoms with E-state index >= 15 is 0 Å². The highest BCUT2D eigenvalue weighted by Crippen LogP contribution is 2.20. The summed E-state index contributed by atoms with van der Waals surface area (Å²) < 4.78 is 0. The molecule has 1 fully saturated rings. The fourth-order valence-electron chi connectivity index (χ4n) is 3.76. The Labute approximate surface area is 194 Å². The quantitative estimate of drug-likeness (QED) is 0.131. The van der Waals surface area contributed by atoms with Crippen molar-refractivity contribution in [1.29, 1.82) is 0 Å². The Morgan fingerprint density at radius 3 is 2.09 bits per heavy atom. The number of nitrogens with zero attached hydrogens (tertiary/aromatic N) is 1. The van der Waals surface area contributed by atoms with Gasteiger partial charge in [0.1, 0.15) is 24.2 Å². The lowest BCUT2D eigenvalue weighted by Crippen LogP contribution is -2.57. The molecule has 0 aromatic carbocycles. The maximum Gasteiger partial charge on any atom is 0.326 e. The highest BCUT2D eigenvalue weighted by atomic mass is 16.4. The standard InChI is InChI=1S/C21H40N6O6/c1-13(28)17(24)19(30)25-14(7-2-4-10-22)20(31)27-12-6-9-16(27)18(29)26-15(21(32)33)8-3-5-11-23/h13-17,28H,2-12,22-24H2,1H3,(H,25,30)(H,26,29)(H,32,33). The number of aliphatic hydroxyl groups excluding tert-OH is 1. The number of amides is 3. The number of nitrogens with two attached hydrogens (primary N) is 3. The Morgan fingerprint density at radius 2 is 1.58 bits per heavy atom. The zero-order valence-electron chi connectivity index (χ0n) is 19.4. The number of unbranched alkanes of at least 4 members (excludes halogenated alkanes) is 2. The number of hydrogen-bond donors (Lipinski definition) is 7. The highest BCUT2D eigenvalue weighted by Gasteiger charge is 2.39. The van der Waals surface area contributed by atoms with E-state index in [4.69, 9.17) is 17.2 Å². The van der Waals surface area contributed by atoms with Crippen LogP contribution in [0, 0.1) is 0 Å². The Balaban J connectivity index is 2.90. The van der Waals surface area contributed by atoms with Gasteiger partial charge in [-0.3, -0.25) is 14.4 Å². The van der Waals surface area contributed by atoms with Crippen LogP contribution in [0.25, 0.3) is 0 Å². The summed E-state index contributed by atoms with van der Waals surface area (Å²) in [5, 5.41) is 24.1. The molecule has 0 aromatic rings. The summed E-state index contributed by atoms with van der Waals surface area (Å²) in [6.45, 7) is 2.55. The van der Waals surface area contributed by atoms with Gasteiger partial charge in [0.2, 0.25) is 17.7 Å². The largest absolute Gasteiger partial charge is 0.480 e.